The molecular weight excluding hydrogens is 669 g/mol. The number of allylic oxidation sites excluding steroid dienone is 2. The Labute approximate surface area is 311 Å². The Morgan fingerprint density at radius 2 is 1.51 bits per heavy atom. The number of thiophene rings is 1. The second kappa shape index (κ2) is 12.9. The molecule has 6 nitrogen and oxygen atoms in total. The highest BCUT2D eigenvalue weighted by Crippen LogP contribution is 2.43. The summed E-state index contributed by atoms with van der Waals surface area (Å²) in [5, 5.41) is 7.03. The lowest BCUT2D eigenvalue weighted by molar-refractivity contribution is 0.382. The standard InChI is InChI=1S/C46H34N6S/c1-51-45(33-16-14-30(15-17-33)31-20-24-47-25-21-31)49-44(50-46(51)34-22-26-48-27-23-34)36-10-7-11-37(28-36)52-39-13-6-5-12-38(39)42-40(52)19-18-35-29-41(53-43(35)42)32-8-3-2-4-9-32/h2-24,26-29,46-47H,25H2,1H3. The molecule has 0 saturated heterocycles. The van der Waals surface area contributed by atoms with E-state index in [-0.39, 0.29) is 6.17 Å². The van der Waals surface area contributed by atoms with E-state index in [2.05, 4.69) is 160 Å². The van der Waals surface area contributed by atoms with Crippen molar-refractivity contribution < 1.29 is 0 Å². The maximum atomic E-state index is 5.28. The molecule has 1 unspecified atom stereocenters. The number of pyridine rings is 1. The largest absolute Gasteiger partial charge is 0.387 e. The third-order valence-electron chi connectivity index (χ3n) is 10.2. The molecule has 5 heterocycles. The first-order valence-electron chi connectivity index (χ1n) is 17.8. The first kappa shape index (κ1) is 31.2. The Hall–Kier alpha value is -6.57. The van der Waals surface area contributed by atoms with E-state index in [1.807, 2.05) is 42.1 Å². The zero-order valence-corrected chi connectivity index (χ0v) is 29.8. The summed E-state index contributed by atoms with van der Waals surface area (Å²) < 4.78 is 3.69. The second-order valence-electron chi connectivity index (χ2n) is 13.4. The number of aromatic nitrogens is 2. The Morgan fingerprint density at radius 3 is 2.34 bits per heavy atom. The van der Waals surface area contributed by atoms with Crippen LogP contribution in [0.1, 0.15) is 28.4 Å². The SMILES string of the molecule is CN1C(c2ccc(C3=CCNC=C3)cc2)=NC(c2cccc(-n3c4ccccc4c4c5sc(-c6ccccc6)cc5ccc43)c2)=NC1c1ccncc1. The van der Waals surface area contributed by atoms with Crippen molar-refractivity contribution in [2.75, 3.05) is 13.6 Å². The minimum atomic E-state index is -0.266. The molecule has 0 bridgehead atoms. The third kappa shape index (κ3) is 5.45. The van der Waals surface area contributed by atoms with Crippen LogP contribution in [0.25, 0.3) is 53.6 Å². The van der Waals surface area contributed by atoms with Crippen LogP contribution in [0.15, 0.2) is 174 Å². The molecule has 0 spiro atoms. The fraction of sp³-hybridized carbons (Fsp3) is 0.0652. The van der Waals surface area contributed by atoms with Gasteiger partial charge in [0.15, 0.2) is 12.0 Å². The van der Waals surface area contributed by atoms with Crippen molar-refractivity contribution in [2.45, 2.75) is 6.17 Å². The van der Waals surface area contributed by atoms with Gasteiger partial charge in [0.2, 0.25) is 0 Å². The molecule has 5 aromatic carbocycles. The van der Waals surface area contributed by atoms with Crippen LogP contribution >= 0.6 is 11.3 Å². The smallest absolute Gasteiger partial charge is 0.159 e. The maximum Gasteiger partial charge on any atom is 0.159 e. The third-order valence-corrected chi connectivity index (χ3v) is 11.4. The van der Waals surface area contributed by atoms with E-state index < -0.39 is 0 Å². The lowest BCUT2D eigenvalue weighted by atomic mass is 10.0. The lowest BCUT2D eigenvalue weighted by Gasteiger charge is -2.32. The number of aliphatic imine (C=N–C) groups is 2. The molecule has 3 aromatic heterocycles. The summed E-state index contributed by atoms with van der Waals surface area (Å²) in [7, 11) is 2.07. The molecule has 10 rings (SSSR count). The Balaban J connectivity index is 1.10. The van der Waals surface area contributed by atoms with E-state index in [4.69, 9.17) is 9.98 Å². The van der Waals surface area contributed by atoms with Gasteiger partial charge in [-0.05, 0) is 82.4 Å². The number of hydrogen-bond acceptors (Lipinski definition) is 6. The fourth-order valence-electron chi connectivity index (χ4n) is 7.60. The summed E-state index contributed by atoms with van der Waals surface area (Å²) in [6.45, 7) is 0.831. The number of hydrogen-bond donors (Lipinski definition) is 1. The molecule has 8 aromatic rings. The van der Waals surface area contributed by atoms with E-state index in [0.29, 0.717) is 5.84 Å². The second-order valence-corrected chi connectivity index (χ2v) is 14.4. The predicted octanol–water partition coefficient (Wildman–Crippen LogP) is 10.4. The number of para-hydroxylation sites is 1. The normalized spacial score (nSPS) is 15.8. The van der Waals surface area contributed by atoms with Gasteiger partial charge >= 0.3 is 0 Å². The van der Waals surface area contributed by atoms with E-state index in [1.54, 1.807) is 0 Å². The highest BCUT2D eigenvalue weighted by molar-refractivity contribution is 7.23. The Bertz CT molecular complexity index is 2790. The van der Waals surface area contributed by atoms with Crippen LogP contribution in [0.4, 0.5) is 0 Å². The van der Waals surface area contributed by atoms with Crippen LogP contribution < -0.4 is 5.32 Å². The van der Waals surface area contributed by atoms with Crippen molar-refractivity contribution in [3.63, 3.8) is 0 Å². The molecule has 0 saturated carbocycles. The van der Waals surface area contributed by atoms with Gasteiger partial charge in [0, 0.05) is 63.1 Å². The monoisotopic (exact) mass is 702 g/mol. The van der Waals surface area contributed by atoms with Crippen LogP contribution in [0, 0.1) is 0 Å². The molecule has 7 heteroatoms. The highest BCUT2D eigenvalue weighted by Gasteiger charge is 2.27. The van der Waals surface area contributed by atoms with Crippen molar-refractivity contribution in [2.24, 2.45) is 9.98 Å². The number of nitrogens with one attached hydrogen (secondary N) is 1. The molecule has 0 amide bonds. The van der Waals surface area contributed by atoms with Gasteiger partial charge in [-0.1, -0.05) is 97.1 Å². The van der Waals surface area contributed by atoms with Crippen molar-refractivity contribution in [3.05, 3.63) is 186 Å². The minimum absolute atomic E-state index is 0.266. The Kier molecular flexibility index (Phi) is 7.58. The maximum absolute atomic E-state index is 5.28. The van der Waals surface area contributed by atoms with Gasteiger partial charge in [-0.25, -0.2) is 9.98 Å². The van der Waals surface area contributed by atoms with Gasteiger partial charge in [-0.2, -0.15) is 0 Å². The fourth-order valence-corrected chi connectivity index (χ4v) is 8.82. The average Bonchev–Trinajstić information content (AvgIpc) is 3.82. The number of rotatable bonds is 6. The van der Waals surface area contributed by atoms with Gasteiger partial charge in [-0.3, -0.25) is 4.98 Å². The molecule has 0 fully saturated rings. The summed E-state index contributed by atoms with van der Waals surface area (Å²) in [5.74, 6) is 1.57. The van der Waals surface area contributed by atoms with Crippen molar-refractivity contribution >= 4 is 60.5 Å². The molecule has 0 radical (unpaired) electrons. The molecule has 2 aliphatic heterocycles. The molecule has 1 atom stereocenters. The van der Waals surface area contributed by atoms with Crippen molar-refractivity contribution in [1.82, 2.24) is 19.8 Å². The topological polar surface area (TPSA) is 57.8 Å². The lowest BCUT2D eigenvalue weighted by Crippen LogP contribution is -2.35. The summed E-state index contributed by atoms with van der Waals surface area (Å²) in [5.41, 5.74) is 10.1. The zero-order valence-electron chi connectivity index (χ0n) is 29.0. The number of fused-ring (bicyclic) bond motifs is 5. The van der Waals surface area contributed by atoms with Gasteiger partial charge in [0.25, 0.3) is 0 Å². The molecule has 1 N–H and O–H groups in total. The quantitative estimate of drug-likeness (QED) is 0.188. The molecular formula is C46H34N6S. The molecule has 254 valence electrons. The number of benzene rings is 5. The predicted molar refractivity (Wildman–Crippen MR) is 221 cm³/mol. The first-order valence-corrected chi connectivity index (χ1v) is 18.6. The van der Waals surface area contributed by atoms with Gasteiger partial charge in [0.1, 0.15) is 5.84 Å². The number of amidine groups is 2. The van der Waals surface area contributed by atoms with Gasteiger partial charge in [-0.15, -0.1) is 11.3 Å². The summed E-state index contributed by atoms with van der Waals surface area (Å²) in [6.07, 6.45) is 9.71. The van der Waals surface area contributed by atoms with E-state index in [9.17, 15) is 0 Å². The van der Waals surface area contributed by atoms with Gasteiger partial charge in [0.05, 0.1) is 11.0 Å². The van der Waals surface area contributed by atoms with Gasteiger partial charge < -0.3 is 14.8 Å². The summed E-state index contributed by atoms with van der Waals surface area (Å²) >= 11 is 1.87. The van der Waals surface area contributed by atoms with Crippen molar-refractivity contribution in [3.8, 4) is 16.1 Å². The van der Waals surface area contributed by atoms with E-state index in [1.165, 1.54) is 53.5 Å². The van der Waals surface area contributed by atoms with E-state index >= 15 is 0 Å². The molecule has 53 heavy (non-hydrogen) atoms. The highest BCUT2D eigenvalue weighted by atomic mass is 32.1. The summed E-state index contributed by atoms with van der Waals surface area (Å²) in [6, 6.07) is 47.7. The number of dihydropyridines is 1. The van der Waals surface area contributed by atoms with Crippen molar-refractivity contribution in [1.29, 1.82) is 0 Å². The first-order chi connectivity index (χ1) is 26.2. The minimum Gasteiger partial charge on any atom is -0.387 e. The zero-order chi connectivity index (χ0) is 35.3. The van der Waals surface area contributed by atoms with Crippen LogP contribution in [0.2, 0.25) is 0 Å². The molecule has 0 aliphatic carbocycles. The van der Waals surface area contributed by atoms with Crippen LogP contribution in [0.5, 0.6) is 0 Å². The molecule has 2 aliphatic rings. The van der Waals surface area contributed by atoms with Crippen LogP contribution in [-0.4, -0.2) is 39.7 Å². The van der Waals surface area contributed by atoms with Crippen LogP contribution in [-0.2, 0) is 0 Å². The van der Waals surface area contributed by atoms with E-state index in [0.717, 1.165) is 34.8 Å². The number of nitrogens with zero attached hydrogens (tertiary/aromatic N) is 5. The van der Waals surface area contributed by atoms with Crippen LogP contribution in [0.3, 0.4) is 0 Å². The summed E-state index contributed by atoms with van der Waals surface area (Å²) in [4.78, 5) is 18.3. The average molecular weight is 703 g/mol. The Morgan fingerprint density at radius 1 is 0.717 bits per heavy atom.